The Morgan fingerprint density at radius 3 is 2.53 bits per heavy atom. The van der Waals surface area contributed by atoms with Gasteiger partial charge in [-0.25, -0.2) is 0 Å². The molecule has 0 spiro atoms. The quantitative estimate of drug-likeness (QED) is 0.847. The van der Waals surface area contributed by atoms with E-state index in [1.807, 2.05) is 13.0 Å². The minimum absolute atomic E-state index is 0.0845. The van der Waals surface area contributed by atoms with E-state index in [2.05, 4.69) is 36.2 Å². The van der Waals surface area contributed by atoms with Crippen LogP contribution in [-0.2, 0) is 4.74 Å². The summed E-state index contributed by atoms with van der Waals surface area (Å²) in [7, 11) is 2.13. The van der Waals surface area contributed by atoms with Gasteiger partial charge in [-0.3, -0.25) is 0 Å². The van der Waals surface area contributed by atoms with Crippen LogP contribution in [0.15, 0.2) is 30.3 Å². The van der Waals surface area contributed by atoms with Crippen LogP contribution < -0.4 is 10.6 Å². The highest BCUT2D eigenvalue weighted by atomic mass is 16.5. The van der Waals surface area contributed by atoms with E-state index >= 15 is 0 Å². The lowest BCUT2D eigenvalue weighted by Crippen LogP contribution is -2.63. The predicted molar refractivity (Wildman–Crippen MR) is 71.3 cm³/mol. The van der Waals surface area contributed by atoms with Crippen molar-refractivity contribution < 1.29 is 4.74 Å². The lowest BCUT2D eigenvalue weighted by molar-refractivity contribution is -0.0355. The summed E-state index contributed by atoms with van der Waals surface area (Å²) in [5.74, 6) is 0. The Hall–Kier alpha value is -1.06. The first-order valence-corrected chi connectivity index (χ1v) is 6.32. The fourth-order valence-corrected chi connectivity index (χ4v) is 2.64. The first-order valence-electron chi connectivity index (χ1n) is 6.32. The van der Waals surface area contributed by atoms with Crippen LogP contribution in [0.3, 0.4) is 0 Å². The van der Waals surface area contributed by atoms with Crippen LogP contribution in [-0.4, -0.2) is 31.8 Å². The minimum atomic E-state index is 0.0845. The summed E-state index contributed by atoms with van der Waals surface area (Å²) in [6.45, 7) is 3.52. The normalized spacial score (nSPS) is 27.6. The average Bonchev–Trinajstić information content (AvgIpc) is 2.34. The fraction of sp³-hybridized carbons (Fsp3) is 0.571. The standard InChI is InChI=1S/C14H22N2O/c1-3-17-13-9-14(10-13,11-15)16(2)12-7-5-4-6-8-12/h4-8,13H,3,9-11,15H2,1-2H3. The molecule has 94 valence electrons. The molecule has 0 atom stereocenters. The first-order chi connectivity index (χ1) is 8.22. The number of anilines is 1. The molecule has 0 unspecified atom stereocenters. The number of likely N-dealkylation sites (N-methyl/N-ethyl adjacent to an activating group) is 1. The number of nitrogens with two attached hydrogens (primary N) is 1. The second kappa shape index (κ2) is 5.07. The molecule has 2 N–H and O–H groups in total. The molecule has 1 aromatic rings. The molecule has 1 aliphatic rings. The van der Waals surface area contributed by atoms with Gasteiger partial charge in [-0.2, -0.15) is 0 Å². The Balaban J connectivity index is 2.05. The van der Waals surface area contributed by atoms with Crippen LogP contribution in [0.25, 0.3) is 0 Å². The lowest BCUT2D eigenvalue weighted by atomic mass is 9.72. The molecular weight excluding hydrogens is 212 g/mol. The molecule has 0 saturated heterocycles. The number of ether oxygens (including phenoxy) is 1. The highest BCUT2D eigenvalue weighted by Gasteiger charge is 2.46. The highest BCUT2D eigenvalue weighted by molar-refractivity contribution is 5.49. The van der Waals surface area contributed by atoms with Crippen LogP contribution in [0.2, 0.25) is 0 Å². The molecule has 0 bridgehead atoms. The van der Waals surface area contributed by atoms with Crippen LogP contribution in [0.1, 0.15) is 19.8 Å². The van der Waals surface area contributed by atoms with Crippen molar-refractivity contribution in [3.63, 3.8) is 0 Å². The van der Waals surface area contributed by atoms with Crippen molar-refractivity contribution >= 4 is 5.69 Å². The average molecular weight is 234 g/mol. The molecule has 0 aliphatic heterocycles. The third-order valence-corrected chi connectivity index (χ3v) is 3.85. The van der Waals surface area contributed by atoms with Crippen molar-refractivity contribution in [3.8, 4) is 0 Å². The van der Waals surface area contributed by atoms with Crippen LogP contribution >= 0.6 is 0 Å². The molecule has 1 saturated carbocycles. The van der Waals surface area contributed by atoms with Gasteiger partial charge in [0.05, 0.1) is 11.6 Å². The smallest absolute Gasteiger partial charge is 0.0620 e. The largest absolute Gasteiger partial charge is 0.378 e. The van der Waals surface area contributed by atoms with Crippen LogP contribution in [0.4, 0.5) is 5.69 Å². The number of nitrogens with zero attached hydrogens (tertiary/aromatic N) is 1. The van der Waals surface area contributed by atoms with Gasteiger partial charge in [0.1, 0.15) is 0 Å². The summed E-state index contributed by atoms with van der Waals surface area (Å²) in [4.78, 5) is 2.31. The second-order valence-electron chi connectivity index (χ2n) is 4.81. The zero-order valence-corrected chi connectivity index (χ0v) is 10.7. The minimum Gasteiger partial charge on any atom is -0.378 e. The Morgan fingerprint density at radius 2 is 2.00 bits per heavy atom. The molecular formula is C14H22N2O. The summed E-state index contributed by atoms with van der Waals surface area (Å²) in [5.41, 5.74) is 7.28. The third-order valence-electron chi connectivity index (χ3n) is 3.85. The van der Waals surface area contributed by atoms with Crippen molar-refractivity contribution in [2.75, 3.05) is 25.1 Å². The predicted octanol–water partition coefficient (Wildman–Crippen LogP) is 2.02. The Labute approximate surface area is 104 Å². The molecule has 1 aromatic carbocycles. The zero-order valence-electron chi connectivity index (χ0n) is 10.7. The third kappa shape index (κ3) is 2.31. The van der Waals surface area contributed by atoms with E-state index in [0.717, 1.165) is 19.4 Å². The van der Waals surface area contributed by atoms with E-state index in [-0.39, 0.29) is 5.54 Å². The Kier molecular flexibility index (Phi) is 3.69. The SMILES string of the molecule is CCOC1CC(CN)(N(C)c2ccccc2)C1. The van der Waals surface area contributed by atoms with Crippen LogP contribution in [0, 0.1) is 0 Å². The van der Waals surface area contributed by atoms with Gasteiger partial charge in [-0.1, -0.05) is 18.2 Å². The molecule has 17 heavy (non-hydrogen) atoms. The van der Waals surface area contributed by atoms with Crippen molar-refractivity contribution in [3.05, 3.63) is 30.3 Å². The number of para-hydroxylation sites is 1. The monoisotopic (exact) mass is 234 g/mol. The van der Waals surface area contributed by atoms with Gasteiger partial charge in [0.25, 0.3) is 0 Å². The maximum Gasteiger partial charge on any atom is 0.0620 e. The molecule has 0 heterocycles. The Bertz CT molecular complexity index is 346. The molecule has 0 radical (unpaired) electrons. The zero-order chi connectivity index (χ0) is 12.3. The van der Waals surface area contributed by atoms with E-state index in [0.29, 0.717) is 12.6 Å². The topological polar surface area (TPSA) is 38.5 Å². The van der Waals surface area contributed by atoms with Gasteiger partial charge in [0.15, 0.2) is 0 Å². The van der Waals surface area contributed by atoms with Gasteiger partial charge < -0.3 is 15.4 Å². The van der Waals surface area contributed by atoms with Crippen molar-refractivity contribution in [2.24, 2.45) is 5.73 Å². The summed E-state index contributed by atoms with van der Waals surface area (Å²) in [6, 6.07) is 10.4. The first kappa shape index (κ1) is 12.4. The summed E-state index contributed by atoms with van der Waals surface area (Å²) in [6.07, 6.45) is 2.44. The number of rotatable bonds is 5. The lowest BCUT2D eigenvalue weighted by Gasteiger charge is -2.53. The van der Waals surface area contributed by atoms with Gasteiger partial charge in [0.2, 0.25) is 0 Å². The molecule has 2 rings (SSSR count). The highest BCUT2D eigenvalue weighted by Crippen LogP contribution is 2.40. The summed E-state index contributed by atoms with van der Waals surface area (Å²) in [5, 5.41) is 0. The van der Waals surface area contributed by atoms with E-state index in [4.69, 9.17) is 10.5 Å². The maximum absolute atomic E-state index is 5.97. The molecule has 3 heteroatoms. The van der Waals surface area contributed by atoms with E-state index in [9.17, 15) is 0 Å². The number of hydrogen-bond donors (Lipinski definition) is 1. The van der Waals surface area contributed by atoms with Gasteiger partial charge in [0, 0.05) is 25.9 Å². The molecule has 1 aliphatic carbocycles. The second-order valence-corrected chi connectivity index (χ2v) is 4.81. The van der Waals surface area contributed by atoms with Crippen molar-refractivity contribution in [1.82, 2.24) is 0 Å². The van der Waals surface area contributed by atoms with Crippen molar-refractivity contribution in [1.29, 1.82) is 0 Å². The molecule has 3 nitrogen and oxygen atoms in total. The Morgan fingerprint density at radius 1 is 1.35 bits per heavy atom. The number of hydrogen-bond acceptors (Lipinski definition) is 3. The van der Waals surface area contributed by atoms with Crippen molar-refractivity contribution in [2.45, 2.75) is 31.4 Å². The summed E-state index contributed by atoms with van der Waals surface area (Å²) >= 11 is 0. The van der Waals surface area contributed by atoms with E-state index in [1.165, 1.54) is 5.69 Å². The van der Waals surface area contributed by atoms with Gasteiger partial charge >= 0.3 is 0 Å². The molecule has 0 amide bonds. The summed E-state index contributed by atoms with van der Waals surface area (Å²) < 4.78 is 5.64. The fourth-order valence-electron chi connectivity index (χ4n) is 2.64. The van der Waals surface area contributed by atoms with Gasteiger partial charge in [-0.05, 0) is 31.9 Å². The van der Waals surface area contributed by atoms with Crippen LogP contribution in [0.5, 0.6) is 0 Å². The maximum atomic E-state index is 5.97. The molecule has 0 aromatic heterocycles. The van der Waals surface area contributed by atoms with E-state index in [1.54, 1.807) is 0 Å². The van der Waals surface area contributed by atoms with E-state index < -0.39 is 0 Å². The number of benzene rings is 1. The van der Waals surface area contributed by atoms with Gasteiger partial charge in [-0.15, -0.1) is 0 Å². The molecule has 1 fully saturated rings.